The lowest BCUT2D eigenvalue weighted by Gasteiger charge is -2.28. The first-order valence-electron chi connectivity index (χ1n) is 12.5. The Morgan fingerprint density at radius 1 is 1.12 bits per heavy atom. The molecular weight excluding hydrogens is 551 g/mol. The maximum Gasteiger partial charge on any atom is 0.490 e. The number of halogens is 3. The normalized spacial score (nSPS) is 16.4. The van der Waals surface area contributed by atoms with E-state index in [2.05, 4.69) is 16.3 Å². The molecule has 40 heavy (non-hydrogen) atoms. The van der Waals surface area contributed by atoms with Crippen LogP contribution < -0.4 is 10.2 Å². The fourth-order valence-corrected chi connectivity index (χ4v) is 5.65. The van der Waals surface area contributed by atoms with E-state index in [-0.39, 0.29) is 5.91 Å². The van der Waals surface area contributed by atoms with Gasteiger partial charge in [0.25, 0.3) is 0 Å². The zero-order valence-electron chi connectivity index (χ0n) is 21.4. The molecule has 2 fully saturated rings. The number of amides is 1. The lowest BCUT2D eigenvalue weighted by atomic mass is 10.3. The molecule has 0 aliphatic carbocycles. The number of morpholine rings is 1. The number of fused-ring (bicyclic) bond motifs is 2. The lowest BCUT2D eigenvalue weighted by Crippen LogP contribution is -2.47. The summed E-state index contributed by atoms with van der Waals surface area (Å²) in [6, 6.07) is 10.2. The van der Waals surface area contributed by atoms with Crippen LogP contribution >= 0.6 is 11.3 Å². The number of nitrogens with zero attached hydrogens (tertiary/aromatic N) is 6. The number of piperazine rings is 1. The molecule has 1 amide bonds. The highest BCUT2D eigenvalue weighted by Crippen LogP contribution is 2.34. The third kappa shape index (κ3) is 5.85. The predicted molar refractivity (Wildman–Crippen MR) is 142 cm³/mol. The van der Waals surface area contributed by atoms with Gasteiger partial charge in [0.2, 0.25) is 11.9 Å². The number of aliphatic carboxylic acids is 1. The van der Waals surface area contributed by atoms with Crippen LogP contribution in [0.4, 0.5) is 19.0 Å². The number of hydrogen-bond acceptors (Lipinski definition) is 9. The molecule has 0 saturated carbocycles. The zero-order valence-corrected chi connectivity index (χ0v) is 22.3. The summed E-state index contributed by atoms with van der Waals surface area (Å²) in [6.07, 6.45) is -5.08. The van der Waals surface area contributed by atoms with E-state index in [1.54, 1.807) is 11.3 Å². The minimum atomic E-state index is -5.08. The molecule has 11 nitrogen and oxygen atoms in total. The molecule has 1 aromatic carbocycles. The highest BCUT2D eigenvalue weighted by Gasteiger charge is 2.38. The Bertz CT molecular complexity index is 1550. The van der Waals surface area contributed by atoms with Crippen LogP contribution in [0.2, 0.25) is 0 Å². The standard InChI is InChI=1S/C23H25N7O2S.C2HF3O2/c1-15-25-17-4-2-3-5-19(17)30(15)23-26-18-12-16(14-29-7-6-24-13-20(29)31)33-21(18)22(27-23)28-8-10-32-11-9-28;3-2(4,5)1(6)7/h2-5,12,24H,6-11,13-14H2,1H3;(H,6,7). The molecule has 4 aromatic rings. The van der Waals surface area contributed by atoms with Crippen LogP contribution in [0.1, 0.15) is 10.7 Å². The molecule has 212 valence electrons. The van der Waals surface area contributed by atoms with Gasteiger partial charge in [-0.3, -0.25) is 9.36 Å². The molecule has 3 aromatic heterocycles. The summed E-state index contributed by atoms with van der Waals surface area (Å²) in [5.74, 6) is -0.214. The van der Waals surface area contributed by atoms with Crippen LogP contribution in [0.15, 0.2) is 30.3 Å². The summed E-state index contributed by atoms with van der Waals surface area (Å²) in [6.45, 7) is 7.48. The van der Waals surface area contributed by atoms with Crippen molar-refractivity contribution in [3.63, 3.8) is 0 Å². The topological polar surface area (TPSA) is 126 Å². The number of aromatic nitrogens is 4. The Hall–Kier alpha value is -3.82. The van der Waals surface area contributed by atoms with Gasteiger partial charge in [-0.25, -0.2) is 14.8 Å². The molecule has 2 saturated heterocycles. The van der Waals surface area contributed by atoms with E-state index < -0.39 is 12.1 Å². The molecule has 15 heteroatoms. The van der Waals surface area contributed by atoms with Crippen molar-refractivity contribution >= 4 is 50.3 Å². The number of rotatable bonds is 4. The van der Waals surface area contributed by atoms with Gasteiger partial charge in [0.15, 0.2) is 5.82 Å². The fourth-order valence-electron chi connectivity index (χ4n) is 4.52. The van der Waals surface area contributed by atoms with Gasteiger partial charge in [-0.15, -0.1) is 11.3 Å². The van der Waals surface area contributed by atoms with Crippen molar-refractivity contribution < 1.29 is 32.6 Å². The number of alkyl halides is 3. The predicted octanol–water partition coefficient (Wildman–Crippen LogP) is 2.74. The number of aryl methyl sites for hydroxylation is 1. The SMILES string of the molecule is Cc1nc2ccccc2n1-c1nc(N2CCOCC2)c2sc(CN3CCNCC3=O)cc2n1.O=C(O)C(F)(F)F. The number of imidazole rings is 1. The summed E-state index contributed by atoms with van der Waals surface area (Å²) < 4.78 is 40.4. The van der Waals surface area contributed by atoms with Crippen molar-refractivity contribution in [1.29, 1.82) is 0 Å². The van der Waals surface area contributed by atoms with Gasteiger partial charge in [0, 0.05) is 31.1 Å². The first-order valence-corrected chi connectivity index (χ1v) is 13.3. The quantitative estimate of drug-likeness (QED) is 0.377. The number of nitrogens with one attached hydrogen (secondary N) is 1. The maximum atomic E-state index is 12.3. The number of ether oxygens (including phenoxy) is 1. The van der Waals surface area contributed by atoms with Gasteiger partial charge in [0.05, 0.1) is 47.6 Å². The molecule has 0 unspecified atom stereocenters. The number of hydrogen-bond donors (Lipinski definition) is 2. The second-order valence-corrected chi connectivity index (χ2v) is 10.3. The summed E-state index contributed by atoms with van der Waals surface area (Å²) >= 11 is 1.68. The molecule has 0 radical (unpaired) electrons. The molecule has 6 rings (SSSR count). The van der Waals surface area contributed by atoms with E-state index >= 15 is 0 Å². The smallest absolute Gasteiger partial charge is 0.475 e. The number of carboxylic acid groups (broad SMARTS) is 1. The van der Waals surface area contributed by atoms with Crippen molar-refractivity contribution in [3.05, 3.63) is 41.0 Å². The first-order chi connectivity index (χ1) is 19.1. The summed E-state index contributed by atoms with van der Waals surface area (Å²) in [5, 5.41) is 10.3. The zero-order chi connectivity index (χ0) is 28.4. The van der Waals surface area contributed by atoms with Crippen LogP contribution in [0.5, 0.6) is 0 Å². The fraction of sp³-hybridized carbons (Fsp3) is 0.400. The van der Waals surface area contributed by atoms with Crippen LogP contribution in [0.3, 0.4) is 0 Å². The average Bonchev–Trinajstić information content (AvgIpc) is 3.49. The number of carbonyl (C=O) groups is 2. The van der Waals surface area contributed by atoms with Crippen molar-refractivity contribution in [2.75, 3.05) is 50.8 Å². The van der Waals surface area contributed by atoms with Gasteiger partial charge in [-0.05, 0) is 25.1 Å². The number of carbonyl (C=O) groups excluding carboxylic acids is 1. The molecular formula is C25H26F3N7O4S. The van der Waals surface area contributed by atoms with E-state index in [1.807, 2.05) is 40.7 Å². The second kappa shape index (κ2) is 11.3. The van der Waals surface area contributed by atoms with Crippen molar-refractivity contribution in [2.45, 2.75) is 19.6 Å². The van der Waals surface area contributed by atoms with Crippen molar-refractivity contribution in [2.24, 2.45) is 0 Å². The minimum absolute atomic E-state index is 0.138. The summed E-state index contributed by atoms with van der Waals surface area (Å²) in [5.41, 5.74) is 2.82. The van der Waals surface area contributed by atoms with Gasteiger partial charge >= 0.3 is 12.1 Å². The number of para-hydroxylation sites is 2. The summed E-state index contributed by atoms with van der Waals surface area (Å²) in [7, 11) is 0. The second-order valence-electron chi connectivity index (χ2n) is 9.15. The van der Waals surface area contributed by atoms with Crippen LogP contribution in [0.25, 0.3) is 27.2 Å². The van der Waals surface area contributed by atoms with E-state index in [4.69, 9.17) is 29.6 Å². The third-order valence-electron chi connectivity index (χ3n) is 6.41. The molecule has 5 heterocycles. The Morgan fingerprint density at radius 3 is 2.55 bits per heavy atom. The first kappa shape index (κ1) is 27.7. The Balaban J connectivity index is 0.000000411. The Labute approximate surface area is 230 Å². The molecule has 2 aliphatic rings. The van der Waals surface area contributed by atoms with E-state index in [1.165, 1.54) is 0 Å². The van der Waals surface area contributed by atoms with E-state index in [0.717, 1.165) is 63.9 Å². The third-order valence-corrected chi connectivity index (χ3v) is 7.51. The average molecular weight is 578 g/mol. The van der Waals surface area contributed by atoms with E-state index in [0.29, 0.717) is 32.3 Å². The number of benzene rings is 1. The Kier molecular flexibility index (Phi) is 7.87. The van der Waals surface area contributed by atoms with Crippen LogP contribution in [-0.4, -0.2) is 93.5 Å². The molecule has 0 atom stereocenters. The molecule has 2 N–H and O–H groups in total. The molecule has 0 spiro atoms. The molecule has 2 aliphatic heterocycles. The van der Waals surface area contributed by atoms with Crippen molar-refractivity contribution in [3.8, 4) is 5.95 Å². The van der Waals surface area contributed by atoms with Gasteiger partial charge in [0.1, 0.15) is 5.82 Å². The maximum absolute atomic E-state index is 12.3. The highest BCUT2D eigenvalue weighted by molar-refractivity contribution is 7.19. The lowest BCUT2D eigenvalue weighted by molar-refractivity contribution is -0.192. The van der Waals surface area contributed by atoms with Gasteiger partial charge < -0.3 is 25.0 Å². The Morgan fingerprint density at radius 2 is 1.85 bits per heavy atom. The van der Waals surface area contributed by atoms with E-state index in [9.17, 15) is 18.0 Å². The number of carboxylic acids is 1. The van der Waals surface area contributed by atoms with Crippen LogP contribution in [0, 0.1) is 6.92 Å². The van der Waals surface area contributed by atoms with Gasteiger partial charge in [-0.1, -0.05) is 12.1 Å². The summed E-state index contributed by atoms with van der Waals surface area (Å²) in [4.78, 5) is 41.2. The van der Waals surface area contributed by atoms with Crippen molar-refractivity contribution in [1.82, 2.24) is 29.7 Å². The largest absolute Gasteiger partial charge is 0.490 e. The monoisotopic (exact) mass is 577 g/mol. The number of anilines is 1. The molecule has 0 bridgehead atoms. The van der Waals surface area contributed by atoms with Crippen LogP contribution in [-0.2, 0) is 20.9 Å². The minimum Gasteiger partial charge on any atom is -0.475 e. The number of thiophene rings is 1. The van der Waals surface area contributed by atoms with Gasteiger partial charge in [-0.2, -0.15) is 18.2 Å². The highest BCUT2D eigenvalue weighted by atomic mass is 32.1.